The topological polar surface area (TPSA) is 91.6 Å². The van der Waals surface area contributed by atoms with E-state index in [4.69, 9.17) is 0 Å². The molecule has 2 amide bonds. The van der Waals surface area contributed by atoms with Crippen LogP contribution in [0, 0.1) is 23.6 Å². The number of amides is 2. The number of pyridine rings is 1. The average Bonchev–Trinajstić information content (AvgIpc) is 3.43. The Kier molecular flexibility index (Phi) is 5.12. The summed E-state index contributed by atoms with van der Waals surface area (Å²) in [5.74, 6) is -1.16. The number of fused-ring (bicyclic) bond motifs is 3. The highest BCUT2D eigenvalue weighted by Gasteiger charge is 2.56. The Hall–Kier alpha value is -3.00. The average molecular weight is 439 g/mol. The normalized spacial score (nSPS) is 26.0. The number of hydrogen-bond acceptors (Lipinski definition) is 4. The third-order valence-electron chi connectivity index (χ3n) is 7.11. The van der Waals surface area contributed by atoms with Gasteiger partial charge in [0.1, 0.15) is 11.9 Å². The van der Waals surface area contributed by atoms with Crippen LogP contribution in [0.4, 0.5) is 4.39 Å². The van der Waals surface area contributed by atoms with Gasteiger partial charge in [-0.25, -0.2) is 4.39 Å². The van der Waals surface area contributed by atoms with Crippen LogP contribution < -0.4 is 10.9 Å². The molecule has 0 radical (unpaired) electrons. The zero-order valence-corrected chi connectivity index (χ0v) is 17.8. The molecule has 1 saturated carbocycles. The Morgan fingerprint density at radius 1 is 1.22 bits per heavy atom. The van der Waals surface area contributed by atoms with E-state index in [2.05, 4.69) is 5.32 Å². The van der Waals surface area contributed by atoms with Crippen molar-refractivity contribution in [1.82, 2.24) is 14.8 Å². The highest BCUT2D eigenvalue weighted by Crippen LogP contribution is 2.49. The van der Waals surface area contributed by atoms with E-state index < -0.39 is 23.8 Å². The molecular weight excluding hydrogens is 413 g/mol. The van der Waals surface area contributed by atoms with Gasteiger partial charge in [-0.2, -0.15) is 0 Å². The van der Waals surface area contributed by atoms with Crippen molar-refractivity contribution in [1.29, 1.82) is 0 Å². The highest BCUT2D eigenvalue weighted by atomic mass is 19.1. The van der Waals surface area contributed by atoms with Gasteiger partial charge in [0.05, 0.1) is 6.04 Å². The van der Waals surface area contributed by atoms with Crippen molar-refractivity contribution in [2.24, 2.45) is 17.8 Å². The van der Waals surface area contributed by atoms with Crippen molar-refractivity contribution in [2.45, 2.75) is 38.4 Å². The van der Waals surface area contributed by atoms with Gasteiger partial charge in [0, 0.05) is 49.7 Å². The number of nitrogens with one attached hydrogen (secondary N) is 1. The third-order valence-corrected chi connectivity index (χ3v) is 7.11. The number of likely N-dealkylation sites (tertiary alicyclic amines) is 1. The summed E-state index contributed by atoms with van der Waals surface area (Å²) in [6.45, 7) is 2.04. The number of benzene rings is 1. The molecule has 3 heterocycles. The zero-order valence-electron chi connectivity index (χ0n) is 17.8. The van der Waals surface area contributed by atoms with E-state index in [1.54, 1.807) is 28.8 Å². The second kappa shape index (κ2) is 7.85. The molecule has 2 aromatic rings. The molecule has 2 fully saturated rings. The van der Waals surface area contributed by atoms with Gasteiger partial charge in [-0.05, 0) is 48.6 Å². The predicted octanol–water partition coefficient (Wildman–Crippen LogP) is 1.69. The predicted molar refractivity (Wildman–Crippen MR) is 115 cm³/mol. The molecule has 32 heavy (non-hydrogen) atoms. The van der Waals surface area contributed by atoms with E-state index in [1.165, 1.54) is 24.0 Å². The van der Waals surface area contributed by atoms with Gasteiger partial charge >= 0.3 is 0 Å². The number of carbonyl (C=O) groups is 2. The summed E-state index contributed by atoms with van der Waals surface area (Å²) < 4.78 is 15.3. The summed E-state index contributed by atoms with van der Waals surface area (Å²) in [6, 6.07) is 8.08. The zero-order chi connectivity index (χ0) is 22.6. The van der Waals surface area contributed by atoms with Gasteiger partial charge < -0.3 is 19.9 Å². The molecule has 0 spiro atoms. The minimum Gasteiger partial charge on any atom is -0.396 e. The lowest BCUT2D eigenvalue weighted by atomic mass is 9.88. The van der Waals surface area contributed by atoms with E-state index in [9.17, 15) is 23.9 Å². The van der Waals surface area contributed by atoms with Crippen LogP contribution in [0.1, 0.15) is 31.5 Å². The molecule has 168 valence electrons. The minimum absolute atomic E-state index is 0.245. The number of nitrogens with zero attached hydrogens (tertiary/aromatic N) is 2. The van der Waals surface area contributed by atoms with Crippen molar-refractivity contribution in [2.75, 3.05) is 13.2 Å². The molecule has 0 unspecified atom stereocenters. The van der Waals surface area contributed by atoms with Crippen molar-refractivity contribution < 1.29 is 19.1 Å². The van der Waals surface area contributed by atoms with Gasteiger partial charge in [-0.1, -0.05) is 12.1 Å². The molecule has 1 aromatic heterocycles. The molecule has 7 nitrogen and oxygen atoms in total. The molecule has 3 aliphatic rings. The summed E-state index contributed by atoms with van der Waals surface area (Å²) >= 11 is 0. The molecule has 1 aliphatic carbocycles. The Morgan fingerprint density at radius 2 is 2.00 bits per heavy atom. The third kappa shape index (κ3) is 3.33. The standard InChI is InChI=1S/C24H26FN3O4/c1-13(30)28-21-18(19(12-29)22(28)23(31)26-10-14-5-6-14)11-27-20(21)8-7-17(24(27)32)15-3-2-4-16(25)9-15/h2-4,7-9,14,18-19,21-22,29H,5-6,10-12H2,1H3,(H,26,31)/t18-,19-,21+,22-/m1/s1. The van der Waals surface area contributed by atoms with Crippen molar-refractivity contribution in [3.05, 3.63) is 58.3 Å². The van der Waals surface area contributed by atoms with Crippen molar-refractivity contribution in [3.8, 4) is 11.1 Å². The van der Waals surface area contributed by atoms with Gasteiger partial charge in [0.25, 0.3) is 5.56 Å². The minimum atomic E-state index is -0.766. The molecular formula is C24H26FN3O4. The monoisotopic (exact) mass is 439 g/mol. The first-order chi connectivity index (χ1) is 15.4. The van der Waals surface area contributed by atoms with Crippen LogP contribution in [0.3, 0.4) is 0 Å². The van der Waals surface area contributed by atoms with Crippen molar-refractivity contribution in [3.63, 3.8) is 0 Å². The van der Waals surface area contributed by atoms with Crippen LogP contribution in [0.25, 0.3) is 11.1 Å². The fourth-order valence-corrected chi connectivity index (χ4v) is 5.40. The van der Waals surface area contributed by atoms with Crippen LogP contribution in [0.5, 0.6) is 0 Å². The van der Waals surface area contributed by atoms with E-state index in [0.29, 0.717) is 35.8 Å². The number of aromatic nitrogens is 1. The summed E-state index contributed by atoms with van der Waals surface area (Å²) in [5, 5.41) is 13.1. The van der Waals surface area contributed by atoms with Crippen LogP contribution in [-0.2, 0) is 16.1 Å². The molecule has 0 bridgehead atoms. The van der Waals surface area contributed by atoms with Crippen LogP contribution in [0.15, 0.2) is 41.2 Å². The lowest BCUT2D eigenvalue weighted by Gasteiger charge is -2.30. The molecule has 1 aromatic carbocycles. The number of aliphatic hydroxyl groups excluding tert-OH is 1. The van der Waals surface area contributed by atoms with Gasteiger partial charge in [-0.3, -0.25) is 14.4 Å². The SMILES string of the molecule is CC(=O)N1[C@@H]2c3ccc(-c4cccc(F)c4)c(=O)n3C[C@@H]2[C@@H](CO)[C@@H]1C(=O)NCC1CC1. The molecule has 2 aliphatic heterocycles. The number of carbonyl (C=O) groups excluding carboxylic acids is 2. The van der Waals surface area contributed by atoms with Crippen LogP contribution in [0.2, 0.25) is 0 Å². The number of aliphatic hydroxyl groups is 1. The largest absolute Gasteiger partial charge is 0.396 e. The smallest absolute Gasteiger partial charge is 0.258 e. The Balaban J connectivity index is 1.52. The fraction of sp³-hybridized carbons (Fsp3) is 0.458. The first-order valence-corrected chi connectivity index (χ1v) is 11.1. The summed E-state index contributed by atoms with van der Waals surface area (Å²) in [4.78, 5) is 40.5. The Bertz CT molecular complexity index is 1140. The van der Waals surface area contributed by atoms with E-state index in [0.717, 1.165) is 12.8 Å². The second-order valence-electron chi connectivity index (χ2n) is 9.11. The summed E-state index contributed by atoms with van der Waals surface area (Å²) in [7, 11) is 0. The van der Waals surface area contributed by atoms with Gasteiger partial charge in [-0.15, -0.1) is 0 Å². The van der Waals surface area contributed by atoms with Crippen LogP contribution >= 0.6 is 0 Å². The second-order valence-corrected chi connectivity index (χ2v) is 9.11. The molecule has 2 N–H and O–H groups in total. The molecule has 5 rings (SSSR count). The lowest BCUT2D eigenvalue weighted by molar-refractivity contribution is -0.140. The number of halogens is 1. The molecule has 4 atom stereocenters. The first kappa shape index (κ1) is 20.9. The van der Waals surface area contributed by atoms with Gasteiger partial charge in [0.15, 0.2) is 0 Å². The maximum atomic E-state index is 13.7. The highest BCUT2D eigenvalue weighted by molar-refractivity contribution is 5.88. The quantitative estimate of drug-likeness (QED) is 0.742. The Morgan fingerprint density at radius 3 is 2.66 bits per heavy atom. The van der Waals surface area contributed by atoms with Gasteiger partial charge in [0.2, 0.25) is 11.8 Å². The number of rotatable bonds is 5. The first-order valence-electron chi connectivity index (χ1n) is 11.1. The van der Waals surface area contributed by atoms with E-state index in [1.807, 2.05) is 0 Å². The fourth-order valence-electron chi connectivity index (χ4n) is 5.40. The lowest BCUT2D eigenvalue weighted by Crippen LogP contribution is -2.50. The summed E-state index contributed by atoms with van der Waals surface area (Å²) in [5.41, 5.74) is 1.24. The van der Waals surface area contributed by atoms with Crippen LogP contribution in [-0.4, -0.2) is 45.6 Å². The summed E-state index contributed by atoms with van der Waals surface area (Å²) in [6.07, 6.45) is 2.19. The van der Waals surface area contributed by atoms with E-state index >= 15 is 0 Å². The Labute approximate surface area is 184 Å². The molecule has 1 saturated heterocycles. The number of hydrogen-bond donors (Lipinski definition) is 2. The maximum absolute atomic E-state index is 13.7. The van der Waals surface area contributed by atoms with E-state index in [-0.39, 0.29) is 29.9 Å². The molecule has 8 heteroatoms. The maximum Gasteiger partial charge on any atom is 0.258 e. The van der Waals surface area contributed by atoms with Crippen molar-refractivity contribution >= 4 is 11.8 Å².